The molecular weight excluding hydrogens is 318 g/mol. The van der Waals surface area contributed by atoms with Crippen LogP contribution >= 0.6 is 0 Å². The highest BCUT2D eigenvalue weighted by Gasteiger charge is 2.26. The molecule has 1 aromatic carbocycles. The van der Waals surface area contributed by atoms with Gasteiger partial charge in [0.05, 0.1) is 29.9 Å². The first kappa shape index (κ1) is 16.6. The second-order valence-electron chi connectivity index (χ2n) is 6.04. The van der Waals surface area contributed by atoms with E-state index < -0.39 is 11.6 Å². The molecule has 1 fully saturated rings. The summed E-state index contributed by atoms with van der Waals surface area (Å²) in [5, 5.41) is 3.81. The van der Waals surface area contributed by atoms with Crippen LogP contribution in [0.2, 0.25) is 0 Å². The van der Waals surface area contributed by atoms with Crippen LogP contribution in [-0.2, 0) is 16.0 Å². The fraction of sp³-hybridized carbons (Fsp3) is 0.412. The van der Waals surface area contributed by atoms with E-state index in [1.807, 2.05) is 13.8 Å². The van der Waals surface area contributed by atoms with E-state index in [0.717, 1.165) is 12.1 Å². The van der Waals surface area contributed by atoms with Gasteiger partial charge in [0.15, 0.2) is 5.76 Å². The number of ether oxygens (including phenoxy) is 1. The number of amides is 1. The summed E-state index contributed by atoms with van der Waals surface area (Å²) < 4.78 is 37.4. The zero-order valence-electron chi connectivity index (χ0n) is 13.5. The number of carbonyl (C=O) groups excluding carboxylic acids is 1. The number of nitrogens with zero attached hydrogens (tertiary/aromatic N) is 2. The van der Waals surface area contributed by atoms with Crippen LogP contribution in [0.4, 0.5) is 8.78 Å². The molecule has 2 heterocycles. The topological polar surface area (TPSA) is 55.6 Å². The zero-order valence-corrected chi connectivity index (χ0v) is 13.5. The molecule has 1 aromatic heterocycles. The van der Waals surface area contributed by atoms with Gasteiger partial charge in [-0.2, -0.15) is 0 Å². The number of hydrogen-bond acceptors (Lipinski definition) is 4. The lowest BCUT2D eigenvalue weighted by Gasteiger charge is -2.35. The van der Waals surface area contributed by atoms with E-state index >= 15 is 0 Å². The van der Waals surface area contributed by atoms with E-state index in [1.54, 1.807) is 4.90 Å². The summed E-state index contributed by atoms with van der Waals surface area (Å²) in [6, 6.07) is 4.70. The molecule has 2 atom stereocenters. The molecule has 1 amide bonds. The second-order valence-corrected chi connectivity index (χ2v) is 6.04. The minimum Gasteiger partial charge on any atom is -0.372 e. The van der Waals surface area contributed by atoms with Crippen LogP contribution in [0.15, 0.2) is 28.8 Å². The Balaban J connectivity index is 1.71. The van der Waals surface area contributed by atoms with Crippen molar-refractivity contribution in [1.29, 1.82) is 0 Å². The van der Waals surface area contributed by atoms with Gasteiger partial charge in [-0.3, -0.25) is 4.79 Å². The summed E-state index contributed by atoms with van der Waals surface area (Å²) in [7, 11) is 0. The van der Waals surface area contributed by atoms with Gasteiger partial charge < -0.3 is 14.2 Å². The number of carbonyl (C=O) groups is 1. The van der Waals surface area contributed by atoms with Crippen molar-refractivity contribution in [1.82, 2.24) is 10.1 Å². The highest BCUT2D eigenvalue weighted by molar-refractivity contribution is 5.78. The molecule has 7 heteroatoms. The van der Waals surface area contributed by atoms with E-state index in [1.165, 1.54) is 12.1 Å². The van der Waals surface area contributed by atoms with Crippen LogP contribution in [0.5, 0.6) is 0 Å². The standard InChI is InChI=1S/C17H18F2N2O3/c1-10-8-21(9-11(2)23-10)17(22)7-13-6-16(24-20-13)14-4-3-12(18)5-15(14)19/h3-6,10-11H,7-9H2,1-2H3. The van der Waals surface area contributed by atoms with Crippen molar-refractivity contribution in [3.8, 4) is 11.3 Å². The number of benzene rings is 1. The van der Waals surface area contributed by atoms with Crippen LogP contribution in [0.3, 0.4) is 0 Å². The van der Waals surface area contributed by atoms with Gasteiger partial charge in [0.1, 0.15) is 11.6 Å². The molecule has 0 N–H and O–H groups in total. The Morgan fingerprint density at radius 1 is 1.25 bits per heavy atom. The van der Waals surface area contributed by atoms with Gasteiger partial charge in [-0.05, 0) is 26.0 Å². The molecule has 0 spiro atoms. The van der Waals surface area contributed by atoms with E-state index in [0.29, 0.717) is 18.8 Å². The number of morpholine rings is 1. The molecule has 1 aliphatic heterocycles. The van der Waals surface area contributed by atoms with E-state index in [4.69, 9.17) is 9.26 Å². The summed E-state index contributed by atoms with van der Waals surface area (Å²) in [5.74, 6) is -1.32. The third-order valence-corrected chi connectivity index (χ3v) is 3.86. The average molecular weight is 336 g/mol. The van der Waals surface area contributed by atoms with Gasteiger partial charge in [-0.25, -0.2) is 8.78 Å². The second kappa shape index (κ2) is 6.68. The minimum atomic E-state index is -0.736. The predicted octanol–water partition coefficient (Wildman–Crippen LogP) is 2.80. The lowest BCUT2D eigenvalue weighted by atomic mass is 10.1. The lowest BCUT2D eigenvalue weighted by Crippen LogP contribution is -2.48. The summed E-state index contributed by atoms with van der Waals surface area (Å²) in [6.07, 6.45) is 0.0314. The van der Waals surface area contributed by atoms with E-state index in [2.05, 4.69) is 5.16 Å². The Hall–Kier alpha value is -2.28. The van der Waals surface area contributed by atoms with E-state index in [9.17, 15) is 13.6 Å². The predicted molar refractivity (Wildman–Crippen MR) is 82.1 cm³/mol. The zero-order chi connectivity index (χ0) is 17.3. The van der Waals surface area contributed by atoms with Crippen molar-refractivity contribution in [3.63, 3.8) is 0 Å². The van der Waals surface area contributed by atoms with Crippen molar-refractivity contribution in [2.45, 2.75) is 32.5 Å². The SMILES string of the molecule is CC1CN(C(=O)Cc2cc(-c3ccc(F)cc3F)on2)CC(C)O1. The van der Waals surface area contributed by atoms with Crippen LogP contribution < -0.4 is 0 Å². The van der Waals surface area contributed by atoms with Gasteiger partial charge in [-0.1, -0.05) is 5.16 Å². The molecule has 0 bridgehead atoms. The smallest absolute Gasteiger partial charge is 0.228 e. The normalized spacial score (nSPS) is 21.1. The summed E-state index contributed by atoms with van der Waals surface area (Å²) in [5.41, 5.74) is 0.515. The molecule has 2 unspecified atom stereocenters. The molecule has 2 aromatic rings. The molecule has 24 heavy (non-hydrogen) atoms. The van der Waals surface area contributed by atoms with Crippen molar-refractivity contribution < 1.29 is 22.8 Å². The van der Waals surface area contributed by atoms with Gasteiger partial charge >= 0.3 is 0 Å². The first-order chi connectivity index (χ1) is 11.4. The lowest BCUT2D eigenvalue weighted by molar-refractivity contribution is -0.142. The van der Waals surface area contributed by atoms with Crippen molar-refractivity contribution in [2.24, 2.45) is 0 Å². The molecule has 0 radical (unpaired) electrons. The Labute approximate surface area is 138 Å². The highest BCUT2D eigenvalue weighted by atomic mass is 19.1. The summed E-state index contributed by atoms with van der Waals surface area (Å²) in [4.78, 5) is 14.1. The fourth-order valence-electron chi connectivity index (χ4n) is 2.86. The molecule has 3 rings (SSSR count). The first-order valence-electron chi connectivity index (χ1n) is 7.76. The fourth-order valence-corrected chi connectivity index (χ4v) is 2.86. The minimum absolute atomic E-state index is 0.0149. The molecule has 0 aliphatic carbocycles. The van der Waals surface area contributed by atoms with Gasteiger partial charge in [0.25, 0.3) is 0 Å². The van der Waals surface area contributed by atoms with Crippen molar-refractivity contribution in [2.75, 3.05) is 13.1 Å². The molecule has 128 valence electrons. The third-order valence-electron chi connectivity index (χ3n) is 3.86. The maximum absolute atomic E-state index is 13.8. The average Bonchev–Trinajstić information content (AvgIpc) is 2.94. The Kier molecular flexibility index (Phi) is 4.62. The Bertz CT molecular complexity index is 737. The van der Waals surface area contributed by atoms with Crippen LogP contribution in [0.1, 0.15) is 19.5 Å². The van der Waals surface area contributed by atoms with Gasteiger partial charge in [0, 0.05) is 25.2 Å². The van der Waals surface area contributed by atoms with E-state index in [-0.39, 0.29) is 35.9 Å². The Morgan fingerprint density at radius 2 is 1.96 bits per heavy atom. The molecular formula is C17H18F2N2O3. The van der Waals surface area contributed by atoms with Crippen LogP contribution in [0, 0.1) is 11.6 Å². The maximum Gasteiger partial charge on any atom is 0.228 e. The summed E-state index contributed by atoms with van der Waals surface area (Å²) >= 11 is 0. The van der Waals surface area contributed by atoms with Gasteiger partial charge in [-0.15, -0.1) is 0 Å². The third kappa shape index (κ3) is 3.62. The molecule has 1 aliphatic rings. The first-order valence-corrected chi connectivity index (χ1v) is 7.76. The quantitative estimate of drug-likeness (QED) is 0.865. The monoisotopic (exact) mass is 336 g/mol. The molecule has 0 saturated carbocycles. The number of halogens is 2. The Morgan fingerprint density at radius 3 is 2.62 bits per heavy atom. The summed E-state index contributed by atoms with van der Waals surface area (Å²) in [6.45, 7) is 4.89. The maximum atomic E-state index is 13.8. The molecule has 5 nitrogen and oxygen atoms in total. The number of hydrogen-bond donors (Lipinski definition) is 0. The van der Waals surface area contributed by atoms with Crippen LogP contribution in [0.25, 0.3) is 11.3 Å². The van der Waals surface area contributed by atoms with Crippen LogP contribution in [-0.4, -0.2) is 41.3 Å². The van der Waals surface area contributed by atoms with Gasteiger partial charge in [0.2, 0.25) is 5.91 Å². The number of aromatic nitrogens is 1. The highest BCUT2D eigenvalue weighted by Crippen LogP contribution is 2.24. The largest absolute Gasteiger partial charge is 0.372 e. The number of rotatable bonds is 3. The van der Waals surface area contributed by atoms with Crippen molar-refractivity contribution >= 4 is 5.91 Å². The molecule has 1 saturated heterocycles. The van der Waals surface area contributed by atoms with Crippen molar-refractivity contribution in [3.05, 3.63) is 41.6 Å².